The second kappa shape index (κ2) is 6.85. The lowest BCUT2D eigenvalue weighted by molar-refractivity contribution is -0.385. The number of nitro benzene ring substituents is 1. The quantitative estimate of drug-likeness (QED) is 0.205. The van der Waals surface area contributed by atoms with Gasteiger partial charge in [-0.05, 0) is 24.9 Å². The number of nitrogens with one attached hydrogen (secondary N) is 1. The third-order valence-corrected chi connectivity index (χ3v) is 3.94. The van der Waals surface area contributed by atoms with Gasteiger partial charge in [0, 0.05) is 29.6 Å². The molecule has 20 heavy (non-hydrogen) atoms. The van der Waals surface area contributed by atoms with Crippen LogP contribution in [0.15, 0.2) is 28.2 Å². The molecule has 0 heterocycles. The van der Waals surface area contributed by atoms with E-state index in [1.54, 1.807) is 0 Å². The molecule has 1 aromatic carbocycles. The lowest BCUT2D eigenvalue weighted by Crippen LogP contribution is -2.25. The molecule has 0 unspecified atom stereocenters. The molecule has 0 aliphatic heterocycles. The van der Waals surface area contributed by atoms with Gasteiger partial charge in [0.25, 0.3) is 5.69 Å². The summed E-state index contributed by atoms with van der Waals surface area (Å²) in [5.74, 6) is 0. The second-order valence-corrected chi connectivity index (χ2v) is 5.68. The zero-order chi connectivity index (χ0) is 15.2. The van der Waals surface area contributed by atoms with Gasteiger partial charge in [-0.15, -0.1) is 0 Å². The molecule has 10 heteroatoms. The van der Waals surface area contributed by atoms with Crippen molar-refractivity contribution in [3.05, 3.63) is 44.3 Å². The number of sulfonamides is 1. The van der Waals surface area contributed by atoms with Crippen LogP contribution in [0.3, 0.4) is 0 Å². The Morgan fingerprint density at radius 1 is 1.50 bits per heavy atom. The summed E-state index contributed by atoms with van der Waals surface area (Å²) >= 11 is 0. The van der Waals surface area contributed by atoms with E-state index in [2.05, 4.69) is 14.7 Å². The monoisotopic (exact) mass is 299 g/mol. The predicted molar refractivity (Wildman–Crippen MR) is 71.7 cm³/mol. The molecule has 0 aromatic heterocycles. The van der Waals surface area contributed by atoms with E-state index in [1.807, 2.05) is 0 Å². The van der Waals surface area contributed by atoms with Gasteiger partial charge in [0.15, 0.2) is 0 Å². The molecule has 1 N–H and O–H groups in total. The van der Waals surface area contributed by atoms with Crippen molar-refractivity contribution < 1.29 is 13.3 Å². The first-order valence-electron chi connectivity index (χ1n) is 5.64. The van der Waals surface area contributed by atoms with Crippen LogP contribution in [0.4, 0.5) is 5.69 Å². The van der Waals surface area contributed by atoms with Crippen molar-refractivity contribution in [2.24, 2.45) is 5.11 Å². The number of nitro groups is 1. The molecule has 0 atom stereocenters. The Labute approximate surface area is 115 Å². The fourth-order valence-corrected chi connectivity index (χ4v) is 2.53. The van der Waals surface area contributed by atoms with E-state index in [9.17, 15) is 18.5 Å². The highest BCUT2D eigenvalue weighted by atomic mass is 32.2. The fourth-order valence-electron chi connectivity index (χ4n) is 1.44. The number of benzene rings is 1. The van der Waals surface area contributed by atoms with Crippen molar-refractivity contribution in [1.29, 1.82) is 0 Å². The first kappa shape index (κ1) is 15.9. The molecule has 1 rings (SSSR count). The smallest absolute Gasteiger partial charge is 0.258 e. The van der Waals surface area contributed by atoms with Crippen molar-refractivity contribution in [2.45, 2.75) is 18.2 Å². The van der Waals surface area contributed by atoms with Gasteiger partial charge < -0.3 is 0 Å². The van der Waals surface area contributed by atoms with E-state index in [0.717, 1.165) is 6.07 Å². The Kier molecular flexibility index (Phi) is 5.44. The van der Waals surface area contributed by atoms with E-state index in [-0.39, 0.29) is 23.7 Å². The largest absolute Gasteiger partial charge is 0.273 e. The molecule has 0 fully saturated rings. The van der Waals surface area contributed by atoms with Crippen molar-refractivity contribution in [1.82, 2.24) is 4.72 Å². The minimum atomic E-state index is -3.81. The Morgan fingerprint density at radius 3 is 2.80 bits per heavy atom. The van der Waals surface area contributed by atoms with Crippen molar-refractivity contribution >= 4 is 15.7 Å². The summed E-state index contributed by atoms with van der Waals surface area (Å²) in [6.07, 6.45) is 0.344. The van der Waals surface area contributed by atoms with Crippen LogP contribution in [-0.2, 0) is 10.0 Å². The minimum Gasteiger partial charge on any atom is -0.258 e. The number of hydrogen-bond donors (Lipinski definition) is 1. The van der Waals surface area contributed by atoms with Gasteiger partial charge in [-0.3, -0.25) is 10.1 Å². The summed E-state index contributed by atoms with van der Waals surface area (Å²) < 4.78 is 26.1. The number of aryl methyl sites for hydroxylation is 1. The van der Waals surface area contributed by atoms with Gasteiger partial charge in [-0.2, -0.15) is 0 Å². The van der Waals surface area contributed by atoms with E-state index in [4.69, 9.17) is 5.53 Å². The lowest BCUT2D eigenvalue weighted by atomic mass is 10.2. The molecular formula is C10H13N5O4S. The van der Waals surface area contributed by atoms with E-state index >= 15 is 0 Å². The van der Waals surface area contributed by atoms with Gasteiger partial charge in [0.05, 0.1) is 9.82 Å². The number of rotatable bonds is 7. The summed E-state index contributed by atoms with van der Waals surface area (Å²) in [5.41, 5.74) is 8.21. The summed E-state index contributed by atoms with van der Waals surface area (Å²) in [4.78, 5) is 12.5. The van der Waals surface area contributed by atoms with Gasteiger partial charge in [0.2, 0.25) is 10.0 Å². The molecule has 1 aromatic rings. The molecule has 0 amide bonds. The maximum absolute atomic E-state index is 11.9. The molecule has 0 spiro atoms. The maximum Gasteiger partial charge on any atom is 0.273 e. The summed E-state index contributed by atoms with van der Waals surface area (Å²) in [7, 11) is -3.81. The van der Waals surface area contributed by atoms with E-state index < -0.39 is 14.9 Å². The molecule has 0 saturated carbocycles. The summed E-state index contributed by atoms with van der Waals surface area (Å²) in [5, 5.41) is 14.0. The average Bonchev–Trinajstić information content (AvgIpc) is 2.38. The first-order valence-corrected chi connectivity index (χ1v) is 7.12. The highest BCUT2D eigenvalue weighted by Gasteiger charge is 2.19. The number of azide groups is 1. The van der Waals surface area contributed by atoms with Crippen LogP contribution in [0, 0.1) is 17.0 Å². The number of nitrogens with zero attached hydrogens (tertiary/aromatic N) is 4. The second-order valence-electron chi connectivity index (χ2n) is 3.91. The third kappa shape index (κ3) is 4.19. The van der Waals surface area contributed by atoms with Crippen molar-refractivity contribution in [2.75, 3.05) is 13.1 Å². The van der Waals surface area contributed by atoms with Gasteiger partial charge in [-0.25, -0.2) is 13.1 Å². The van der Waals surface area contributed by atoms with Crippen molar-refractivity contribution in [3.8, 4) is 0 Å². The molecule has 0 aliphatic carbocycles. The van der Waals surface area contributed by atoms with Crippen LogP contribution in [0.25, 0.3) is 10.4 Å². The van der Waals surface area contributed by atoms with Crippen LogP contribution in [0.2, 0.25) is 0 Å². The molecule has 108 valence electrons. The minimum absolute atomic E-state index is 0.0863. The Hall–Kier alpha value is -2.16. The SMILES string of the molecule is Cc1ccc(S(=O)(=O)NCCCN=[N+]=[N-])cc1[N+](=O)[O-]. The molecule has 0 radical (unpaired) electrons. The van der Waals surface area contributed by atoms with Gasteiger partial charge in [-0.1, -0.05) is 11.2 Å². The van der Waals surface area contributed by atoms with E-state index in [0.29, 0.717) is 12.0 Å². The normalized spacial score (nSPS) is 10.8. The summed E-state index contributed by atoms with van der Waals surface area (Å²) in [6.45, 7) is 1.79. The molecule has 0 aliphatic rings. The third-order valence-electron chi connectivity index (χ3n) is 2.48. The van der Waals surface area contributed by atoms with E-state index in [1.165, 1.54) is 19.1 Å². The van der Waals surface area contributed by atoms with Crippen molar-refractivity contribution in [3.63, 3.8) is 0 Å². The molecule has 0 saturated heterocycles. The zero-order valence-electron chi connectivity index (χ0n) is 10.7. The van der Waals surface area contributed by atoms with Crippen LogP contribution in [-0.4, -0.2) is 26.4 Å². The molecular weight excluding hydrogens is 286 g/mol. The maximum atomic E-state index is 11.9. The fraction of sp³-hybridized carbons (Fsp3) is 0.400. The van der Waals surface area contributed by atoms with Crippen LogP contribution in [0.1, 0.15) is 12.0 Å². The Bertz CT molecular complexity index is 652. The molecule has 9 nitrogen and oxygen atoms in total. The van der Waals surface area contributed by atoms with Gasteiger partial charge >= 0.3 is 0 Å². The highest BCUT2D eigenvalue weighted by Crippen LogP contribution is 2.21. The van der Waals surface area contributed by atoms with Crippen LogP contribution in [0.5, 0.6) is 0 Å². The lowest BCUT2D eigenvalue weighted by Gasteiger charge is -2.06. The number of hydrogen-bond acceptors (Lipinski definition) is 5. The zero-order valence-corrected chi connectivity index (χ0v) is 11.5. The predicted octanol–water partition coefficient (Wildman–Crippen LogP) is 1.88. The summed E-state index contributed by atoms with van der Waals surface area (Å²) in [6, 6.07) is 3.70. The van der Waals surface area contributed by atoms with Crippen LogP contribution < -0.4 is 4.72 Å². The first-order chi connectivity index (χ1) is 9.38. The standard InChI is InChI=1S/C10H13N5O4S/c1-8-3-4-9(7-10(8)15(16)17)20(18,19)13-6-2-5-12-14-11/h3-4,7,13H,2,5-6H2,1H3. The average molecular weight is 299 g/mol. The Morgan fingerprint density at radius 2 is 2.20 bits per heavy atom. The van der Waals surface area contributed by atoms with Crippen LogP contribution >= 0.6 is 0 Å². The van der Waals surface area contributed by atoms with Gasteiger partial charge in [0.1, 0.15) is 0 Å². The molecule has 0 bridgehead atoms. The highest BCUT2D eigenvalue weighted by molar-refractivity contribution is 7.89. The Balaban J connectivity index is 2.85. The topological polar surface area (TPSA) is 138 Å².